The molecular formula is C23H16ClF3N4O2. The zero-order chi connectivity index (χ0) is 23.4. The fourth-order valence-electron chi connectivity index (χ4n) is 3.12. The van der Waals surface area contributed by atoms with Crippen LogP contribution in [-0.2, 0) is 6.18 Å². The lowest BCUT2D eigenvalue weighted by molar-refractivity contribution is -0.136. The Hall–Kier alpha value is -3.85. The number of nitrogens with zero attached hydrogens (tertiary/aromatic N) is 2. The molecule has 0 bridgehead atoms. The summed E-state index contributed by atoms with van der Waals surface area (Å²) >= 11 is 5.96. The number of alkyl halides is 3. The summed E-state index contributed by atoms with van der Waals surface area (Å²) < 4.78 is 45.6. The molecule has 0 aliphatic carbocycles. The number of halogens is 4. The van der Waals surface area contributed by atoms with Crippen molar-refractivity contribution in [1.29, 1.82) is 0 Å². The molecule has 1 heterocycles. The predicted molar refractivity (Wildman–Crippen MR) is 117 cm³/mol. The van der Waals surface area contributed by atoms with Gasteiger partial charge in [-0.05, 0) is 42.0 Å². The minimum absolute atomic E-state index is 0.0513. The molecule has 6 nitrogen and oxygen atoms in total. The average molecular weight is 473 g/mol. The van der Waals surface area contributed by atoms with Gasteiger partial charge in [-0.15, -0.1) is 10.2 Å². The van der Waals surface area contributed by atoms with Gasteiger partial charge in [-0.1, -0.05) is 54.1 Å². The number of anilines is 1. The fraction of sp³-hybridized carbons (Fsp3) is 0.0870. The van der Waals surface area contributed by atoms with Crippen molar-refractivity contribution in [2.45, 2.75) is 12.2 Å². The number of amides is 2. The number of urea groups is 1. The molecule has 0 saturated heterocycles. The standard InChI is InChI=1S/C23H16ClF3N4O2/c24-16-12-10-14(11-13-16)19(21-31-30-20(33-21)15-6-2-1-3-7-15)29-22(32)28-18-9-5-4-8-17(18)23(25,26)27/h1-13,19H,(H2,28,29,32). The number of benzene rings is 3. The second kappa shape index (κ2) is 9.33. The first-order valence-electron chi connectivity index (χ1n) is 9.69. The van der Waals surface area contributed by atoms with Gasteiger partial charge in [0, 0.05) is 10.6 Å². The van der Waals surface area contributed by atoms with Crippen molar-refractivity contribution < 1.29 is 22.4 Å². The molecule has 0 aliphatic rings. The summed E-state index contributed by atoms with van der Waals surface area (Å²) in [7, 11) is 0. The SMILES string of the molecule is O=C(Nc1ccccc1C(F)(F)F)NC(c1ccc(Cl)cc1)c1nnc(-c2ccccc2)o1. The van der Waals surface area contributed by atoms with E-state index < -0.39 is 23.8 Å². The summed E-state index contributed by atoms with van der Waals surface area (Å²) in [5.74, 6) is 0.282. The maximum atomic E-state index is 13.3. The molecule has 0 spiro atoms. The molecule has 4 rings (SSSR count). The largest absolute Gasteiger partial charge is 0.418 e. The molecule has 0 fully saturated rings. The summed E-state index contributed by atoms with van der Waals surface area (Å²) in [6, 6.07) is 18.4. The van der Waals surface area contributed by atoms with E-state index in [1.54, 1.807) is 48.5 Å². The summed E-state index contributed by atoms with van der Waals surface area (Å²) in [6.07, 6.45) is -4.63. The highest BCUT2D eigenvalue weighted by atomic mass is 35.5. The van der Waals surface area contributed by atoms with Gasteiger partial charge < -0.3 is 15.1 Å². The first-order valence-corrected chi connectivity index (χ1v) is 10.1. The zero-order valence-corrected chi connectivity index (χ0v) is 17.6. The van der Waals surface area contributed by atoms with Gasteiger partial charge in [-0.2, -0.15) is 13.2 Å². The normalized spacial score (nSPS) is 12.2. The van der Waals surface area contributed by atoms with Crippen molar-refractivity contribution in [2.75, 3.05) is 5.32 Å². The maximum Gasteiger partial charge on any atom is 0.418 e. The monoisotopic (exact) mass is 472 g/mol. The van der Waals surface area contributed by atoms with Gasteiger partial charge in [-0.3, -0.25) is 0 Å². The maximum absolute atomic E-state index is 13.3. The number of carbonyl (C=O) groups is 1. The molecule has 2 amide bonds. The minimum atomic E-state index is -4.63. The third-order valence-electron chi connectivity index (χ3n) is 4.67. The van der Waals surface area contributed by atoms with Gasteiger partial charge >= 0.3 is 12.2 Å². The highest BCUT2D eigenvalue weighted by Crippen LogP contribution is 2.34. The van der Waals surface area contributed by atoms with Gasteiger partial charge in [0.1, 0.15) is 6.04 Å². The molecule has 2 N–H and O–H groups in total. The first-order chi connectivity index (χ1) is 15.8. The molecule has 1 unspecified atom stereocenters. The number of hydrogen-bond donors (Lipinski definition) is 2. The van der Waals surface area contributed by atoms with E-state index in [0.29, 0.717) is 16.1 Å². The van der Waals surface area contributed by atoms with E-state index in [9.17, 15) is 18.0 Å². The van der Waals surface area contributed by atoms with Crippen molar-refractivity contribution in [1.82, 2.24) is 15.5 Å². The number of para-hydroxylation sites is 1. The van der Waals surface area contributed by atoms with Gasteiger partial charge in [0.15, 0.2) is 0 Å². The number of carbonyl (C=O) groups excluding carboxylic acids is 1. The van der Waals surface area contributed by atoms with Crippen LogP contribution < -0.4 is 10.6 Å². The van der Waals surface area contributed by atoms with Crippen LogP contribution in [0.15, 0.2) is 83.3 Å². The van der Waals surface area contributed by atoms with E-state index in [4.69, 9.17) is 16.0 Å². The molecule has 168 valence electrons. The summed E-state index contributed by atoms with van der Waals surface area (Å²) in [6.45, 7) is 0. The molecule has 0 aliphatic heterocycles. The van der Waals surface area contributed by atoms with Gasteiger partial charge in [-0.25, -0.2) is 4.79 Å². The Balaban J connectivity index is 1.62. The predicted octanol–water partition coefficient (Wildman–Crippen LogP) is 6.32. The van der Waals surface area contributed by atoms with Crippen LogP contribution in [0.25, 0.3) is 11.5 Å². The number of nitrogens with one attached hydrogen (secondary N) is 2. The van der Waals surface area contributed by atoms with Crippen molar-refractivity contribution in [3.63, 3.8) is 0 Å². The number of hydrogen-bond acceptors (Lipinski definition) is 4. The van der Waals surface area contributed by atoms with E-state index in [0.717, 1.165) is 6.07 Å². The molecule has 1 aromatic heterocycles. The molecular weight excluding hydrogens is 457 g/mol. The van der Waals surface area contributed by atoms with Gasteiger partial charge in [0.25, 0.3) is 0 Å². The fourth-order valence-corrected chi connectivity index (χ4v) is 3.25. The molecule has 33 heavy (non-hydrogen) atoms. The van der Waals surface area contributed by atoms with E-state index in [-0.39, 0.29) is 17.5 Å². The Kier molecular flexibility index (Phi) is 6.32. The van der Waals surface area contributed by atoms with Gasteiger partial charge in [0.05, 0.1) is 11.3 Å². The van der Waals surface area contributed by atoms with Crippen LogP contribution >= 0.6 is 11.6 Å². The lowest BCUT2D eigenvalue weighted by Gasteiger charge is -2.18. The van der Waals surface area contributed by atoms with Gasteiger partial charge in [0.2, 0.25) is 11.8 Å². The number of aromatic nitrogens is 2. The van der Waals surface area contributed by atoms with Crippen molar-refractivity contribution in [3.05, 3.63) is 101 Å². The Morgan fingerprint density at radius 1 is 0.909 bits per heavy atom. The van der Waals surface area contributed by atoms with Crippen LogP contribution in [0.5, 0.6) is 0 Å². The lowest BCUT2D eigenvalue weighted by Crippen LogP contribution is -2.34. The Morgan fingerprint density at radius 3 is 2.27 bits per heavy atom. The Morgan fingerprint density at radius 2 is 1.58 bits per heavy atom. The molecule has 0 saturated carbocycles. The van der Waals surface area contributed by atoms with Crippen LogP contribution in [0.4, 0.5) is 23.7 Å². The zero-order valence-electron chi connectivity index (χ0n) is 16.8. The second-order valence-electron chi connectivity index (χ2n) is 6.94. The van der Waals surface area contributed by atoms with Crippen LogP contribution in [0.3, 0.4) is 0 Å². The van der Waals surface area contributed by atoms with Crippen LogP contribution in [0.1, 0.15) is 23.1 Å². The topological polar surface area (TPSA) is 80.0 Å². The van der Waals surface area contributed by atoms with Crippen molar-refractivity contribution in [2.24, 2.45) is 0 Å². The third kappa shape index (κ3) is 5.32. The highest BCUT2D eigenvalue weighted by molar-refractivity contribution is 6.30. The Bertz CT molecular complexity index is 1240. The van der Waals surface area contributed by atoms with E-state index in [1.807, 2.05) is 6.07 Å². The van der Waals surface area contributed by atoms with Crippen molar-refractivity contribution >= 4 is 23.3 Å². The van der Waals surface area contributed by atoms with Crippen LogP contribution in [-0.4, -0.2) is 16.2 Å². The van der Waals surface area contributed by atoms with E-state index in [2.05, 4.69) is 20.8 Å². The first kappa shape index (κ1) is 22.3. The third-order valence-corrected chi connectivity index (χ3v) is 4.92. The van der Waals surface area contributed by atoms with E-state index >= 15 is 0 Å². The summed E-state index contributed by atoms with van der Waals surface area (Å²) in [4.78, 5) is 12.7. The molecule has 0 radical (unpaired) electrons. The second-order valence-corrected chi connectivity index (χ2v) is 7.37. The Labute approximate surface area is 191 Å². The minimum Gasteiger partial charge on any atom is -0.418 e. The summed E-state index contributed by atoms with van der Waals surface area (Å²) in [5, 5.41) is 13.4. The average Bonchev–Trinajstić information content (AvgIpc) is 3.28. The van der Waals surface area contributed by atoms with Crippen LogP contribution in [0.2, 0.25) is 5.02 Å². The molecule has 10 heteroatoms. The molecule has 3 aromatic carbocycles. The molecule has 1 atom stereocenters. The van der Waals surface area contributed by atoms with E-state index in [1.165, 1.54) is 18.2 Å². The molecule has 4 aromatic rings. The highest BCUT2D eigenvalue weighted by Gasteiger charge is 2.34. The van der Waals surface area contributed by atoms with Crippen LogP contribution in [0, 0.1) is 0 Å². The van der Waals surface area contributed by atoms with Crippen molar-refractivity contribution in [3.8, 4) is 11.5 Å². The smallest absolute Gasteiger partial charge is 0.418 e. The quantitative estimate of drug-likeness (QED) is 0.356. The lowest BCUT2D eigenvalue weighted by atomic mass is 10.1. The summed E-state index contributed by atoms with van der Waals surface area (Å²) in [5.41, 5.74) is -0.128. The number of rotatable bonds is 5.